The Morgan fingerprint density at radius 1 is 0.426 bits per heavy atom. The molecule has 4 fully saturated rings. The van der Waals surface area contributed by atoms with Crippen LogP contribution in [0.15, 0.2) is 126 Å². The second kappa shape index (κ2) is 41.5. The molecule has 0 bridgehead atoms. The number of rotatable bonds is 20. The van der Waals surface area contributed by atoms with Gasteiger partial charge in [-0.1, -0.05) is 136 Å². The number of methoxy groups -OCH3 is 4. The quantitative estimate of drug-likeness (QED) is 0.0200. The van der Waals surface area contributed by atoms with E-state index in [2.05, 4.69) is 148 Å². The molecule has 28 nitrogen and oxygen atoms in total. The average molecular weight is 1640 g/mol. The van der Waals surface area contributed by atoms with Gasteiger partial charge < -0.3 is 59.8 Å². The molecule has 8 atom stereocenters. The van der Waals surface area contributed by atoms with E-state index < -0.39 is 55.7 Å². The maximum atomic E-state index is 13.5. The number of imidazole rings is 4. The van der Waals surface area contributed by atoms with E-state index in [1.807, 2.05) is 115 Å². The van der Waals surface area contributed by atoms with Gasteiger partial charge in [0.15, 0.2) is 0 Å². The predicted molar refractivity (Wildman–Crippen MR) is 434 cm³/mol. The Kier molecular flexibility index (Phi) is 30.9. The molecule has 8 amide bonds. The number of aromatic amines is 4. The number of ether oxygens (including phenoxy) is 4. The van der Waals surface area contributed by atoms with Crippen LogP contribution in [0.2, 0.25) is 0 Å². The molecule has 0 aliphatic carbocycles. The molecule has 12 rings (SSSR count). The fraction of sp³-hybridized carbons (Fsp3) is 0.435. The summed E-state index contributed by atoms with van der Waals surface area (Å²) in [7, 11) is 4.14. The van der Waals surface area contributed by atoms with Crippen molar-refractivity contribution in [3.8, 4) is 62.5 Å². The van der Waals surface area contributed by atoms with Crippen molar-refractivity contribution in [3.05, 3.63) is 173 Å². The number of carbonyl (C=O) groups excluding carboxylic acids is 8. The van der Waals surface area contributed by atoms with E-state index in [9.17, 15) is 42.7 Å². The van der Waals surface area contributed by atoms with Crippen LogP contribution in [0.3, 0.4) is 0 Å². The van der Waals surface area contributed by atoms with Gasteiger partial charge in [-0.05, 0) is 120 Å². The Balaban J connectivity index is 0.000000216. The van der Waals surface area contributed by atoms with Crippen LogP contribution >= 0.6 is 15.9 Å². The number of hydrogen-bond acceptors (Lipinski definition) is 16. The number of likely N-dealkylation sites (tertiary alicyclic amines) is 4. The molecular weight excluding hydrogens is 1540 g/mol. The van der Waals surface area contributed by atoms with Crippen molar-refractivity contribution in [2.75, 3.05) is 61.8 Å². The fourth-order valence-electron chi connectivity index (χ4n) is 14.4. The molecule has 4 aromatic heterocycles. The molecule has 8 aromatic rings. The van der Waals surface area contributed by atoms with E-state index in [1.165, 1.54) is 34.6 Å². The number of nitrogens with zero attached hydrogens (tertiary/aromatic N) is 8. The van der Waals surface area contributed by atoms with Crippen molar-refractivity contribution in [3.63, 3.8) is 0 Å². The van der Waals surface area contributed by atoms with Gasteiger partial charge in [-0.3, -0.25) is 18.8 Å². The van der Waals surface area contributed by atoms with Crippen LogP contribution in [0.4, 0.5) is 23.6 Å². The number of benzene rings is 4. The van der Waals surface area contributed by atoms with Gasteiger partial charge >= 0.3 is 153 Å². The van der Waals surface area contributed by atoms with Crippen LogP contribution < -0.4 is 21.3 Å². The normalized spacial score (nSPS) is 17.4. The summed E-state index contributed by atoms with van der Waals surface area (Å²) < 4.78 is 35.3. The van der Waals surface area contributed by atoms with Gasteiger partial charge in [0.2, 0.25) is 17.7 Å². The Morgan fingerprint density at radius 2 is 0.687 bits per heavy atom. The first kappa shape index (κ1) is 85.8. The Bertz CT molecular complexity index is 4740. The van der Waals surface area contributed by atoms with E-state index in [0.717, 1.165) is 118 Å². The molecule has 115 heavy (non-hydrogen) atoms. The van der Waals surface area contributed by atoms with E-state index in [1.54, 1.807) is 27.1 Å². The number of aromatic nitrogens is 8. The summed E-state index contributed by atoms with van der Waals surface area (Å²) in [5.41, 5.74) is 10.1. The molecule has 8 heterocycles. The van der Waals surface area contributed by atoms with Crippen molar-refractivity contribution in [1.29, 1.82) is 0 Å². The number of hydrogen-bond donors (Lipinski definition) is 8. The summed E-state index contributed by atoms with van der Waals surface area (Å²) >= 11 is 3.47. The molecule has 0 spiro atoms. The van der Waals surface area contributed by atoms with Crippen molar-refractivity contribution in [2.24, 2.45) is 23.7 Å². The van der Waals surface area contributed by atoms with Gasteiger partial charge in [-0.15, -0.1) is 0 Å². The average Bonchev–Trinajstić information content (AvgIpc) is 1.67. The molecule has 4 aliphatic heterocycles. The third kappa shape index (κ3) is 22.3. The minimum absolute atomic E-state index is 0.0649. The summed E-state index contributed by atoms with van der Waals surface area (Å²) in [6, 6.07) is 29.4. The molecule has 30 heteroatoms. The van der Waals surface area contributed by atoms with Crippen LogP contribution in [0, 0.1) is 47.9 Å². The van der Waals surface area contributed by atoms with Gasteiger partial charge in [-0.2, -0.15) is 0 Å². The monoisotopic (exact) mass is 1640 g/mol. The number of alkyl halides is 1. The number of alkyl carbamates (subject to hydrolysis) is 4. The summed E-state index contributed by atoms with van der Waals surface area (Å²) in [5, 5.41) is 10.7. The Labute approximate surface area is 680 Å². The van der Waals surface area contributed by atoms with Crippen LogP contribution in [0.25, 0.3) is 44.8 Å². The zero-order chi connectivity index (χ0) is 83.9. The number of nitrogens with one attached hydrogen (secondary N) is 8. The second-order valence-electron chi connectivity index (χ2n) is 29.5. The first-order chi connectivity index (χ1) is 55.7. The first-order valence-electron chi connectivity index (χ1n) is 39.1. The van der Waals surface area contributed by atoms with E-state index >= 15 is 0 Å². The van der Waals surface area contributed by atoms with Gasteiger partial charge in [0.05, 0.1) is 78.0 Å². The van der Waals surface area contributed by atoms with Crippen LogP contribution in [0.1, 0.15) is 173 Å². The maximum absolute atomic E-state index is 13.5. The number of carbonyl (C=O) groups is 8. The van der Waals surface area contributed by atoms with Crippen molar-refractivity contribution >= 4 is 63.9 Å². The molecule has 4 aliphatic rings. The van der Waals surface area contributed by atoms with Crippen LogP contribution in [-0.2, 0) is 38.1 Å². The zero-order valence-corrected chi connectivity index (χ0v) is 68.5. The summed E-state index contributed by atoms with van der Waals surface area (Å²) in [5.74, 6) is 10.5. The van der Waals surface area contributed by atoms with Crippen molar-refractivity contribution in [1.82, 2.24) is 80.7 Å². The minimum atomic E-state index is -1.00. The van der Waals surface area contributed by atoms with E-state index in [-0.39, 0.29) is 71.5 Å². The SMILES string of the molecule is COC(=O)N[C@H](C(=O)N1CCC[C@H]1c1ncc(-c2ccc(-c3ccc(Br)cc3)cc2)[nH]1)C(C)C.COC(=O)N[C@H](C(=O)N1CCC[C@H]1c1ncc(C#Cc2ccc(-c3ccc(-c4cnc([C@@H]5CCCN5C(=O)[C@@H](NC(=O)OC)C(C)C)[nH]4)cc3)cc2)[nH]1)C(C)C.[2H]CF.[C+]#Cc1cnc([C@@H]2CCCN2C(=O)[C@@H](NC(=O)OC)C(C)C)[nH]1. The summed E-state index contributed by atoms with van der Waals surface area (Å²) in [6.45, 7) is 17.6. The topological polar surface area (TPSA) is 349 Å². The van der Waals surface area contributed by atoms with Crippen LogP contribution in [0.5, 0.6) is 0 Å². The van der Waals surface area contributed by atoms with Gasteiger partial charge in [0.1, 0.15) is 41.3 Å². The third-order valence-electron chi connectivity index (χ3n) is 20.6. The molecule has 608 valence electrons. The first-order valence-corrected chi connectivity index (χ1v) is 39.2. The van der Waals surface area contributed by atoms with E-state index in [4.69, 9.17) is 22.0 Å². The number of halogens is 2. The van der Waals surface area contributed by atoms with E-state index in [0.29, 0.717) is 49.2 Å². The Morgan fingerprint density at radius 3 is 0.974 bits per heavy atom. The molecule has 4 saturated heterocycles. The van der Waals surface area contributed by atoms with Crippen LogP contribution in [-0.4, -0.2) is 193 Å². The van der Waals surface area contributed by atoms with Gasteiger partial charge in [-0.25, -0.2) is 29.3 Å². The molecule has 0 saturated carbocycles. The second-order valence-corrected chi connectivity index (χ2v) is 30.4. The molecule has 8 N–H and O–H groups in total. The number of H-pyrrole nitrogens is 4. The zero-order valence-electron chi connectivity index (χ0n) is 67.9. The molecule has 4 aromatic carbocycles. The van der Waals surface area contributed by atoms with Gasteiger partial charge in [0, 0.05) is 29.7 Å². The predicted octanol–water partition coefficient (Wildman–Crippen LogP) is 13.5. The standard InChI is InChI=1S/C42H50N8O6.C26H29BrN4O3.C16H20N4O3.CH3F/c1-25(2)35(47-41(53)55-5)39(51)49-21-7-9-33(49)37-43-23-31(45-37)20-13-27-11-14-28(15-12-27)29-16-18-30(19-17-29)32-24-44-38(46-32)34-10-8-22-50(34)40(52)36(26(3)4)48-42(54)56-6;1-16(2)23(30-26(33)34-3)25(32)31-14-4-5-22(31)24-28-15-21(29-24)19-8-6-17(7-9-19)18-10-12-20(27)13-11-18;1-5-11-9-17-14(18-11)12-7-6-8-20(12)15(21)13(10(2)3)19-16(22)23-4;1-2/h11-12,14-19,23-26,33-36H,7-10,21-22H2,1-6H3,(H,43,45)(H,44,46)(H,47,53)(H,48,54);6-13,15-16,22-23H,4-5,14H2,1-3H3,(H,28,29)(H,30,33);9-10,12-13H,6-8H2,2-4H3,(H-,17,18,19,22);1H3/p+1/t33-,34-,35-,36-;22-,23-;12-,13-;/m000./s1/i;;;1D. The molecule has 0 radical (unpaired) electrons. The fourth-order valence-corrected chi connectivity index (χ4v) is 14.7. The van der Waals surface area contributed by atoms with Gasteiger partial charge in [0.25, 0.3) is 0 Å². The molecular formula is C85H103BrFN16O12+. The summed E-state index contributed by atoms with van der Waals surface area (Å²) in [6.07, 6.45) is 18.1. The van der Waals surface area contributed by atoms with Crippen molar-refractivity contribution in [2.45, 2.75) is 155 Å². The number of amides is 8. The Hall–Kier alpha value is -11.6. The summed E-state index contributed by atoms with van der Waals surface area (Å²) in [4.78, 5) is 139. The third-order valence-corrected chi connectivity index (χ3v) is 21.1. The molecule has 0 unspecified atom stereocenters. The van der Waals surface area contributed by atoms with Crippen molar-refractivity contribution < 1.29 is 63.1 Å².